The highest BCUT2D eigenvalue weighted by molar-refractivity contribution is 7.89. The van der Waals surface area contributed by atoms with E-state index >= 15 is 0 Å². The third kappa shape index (κ3) is 5.03. The second-order valence-corrected chi connectivity index (χ2v) is 13.2. The first-order chi connectivity index (χ1) is 16.0. The number of amides is 1. The van der Waals surface area contributed by atoms with Crippen LogP contribution in [0.2, 0.25) is 5.02 Å². The van der Waals surface area contributed by atoms with E-state index in [1.807, 2.05) is 25.7 Å². The molecule has 2 aliphatic heterocycles. The van der Waals surface area contributed by atoms with Gasteiger partial charge in [-0.05, 0) is 76.1 Å². The zero-order valence-electron chi connectivity index (χ0n) is 20.5. The smallest absolute Gasteiger partial charge is 0.243 e. The molecule has 1 aliphatic carbocycles. The quantitative estimate of drug-likeness (QED) is 0.607. The zero-order valence-corrected chi connectivity index (χ0v) is 22.1. The number of hydrogen-bond donors (Lipinski definition) is 1. The third-order valence-electron chi connectivity index (χ3n) is 8.21. The van der Waals surface area contributed by atoms with Crippen molar-refractivity contribution < 1.29 is 18.3 Å². The Morgan fingerprint density at radius 3 is 2.29 bits per heavy atom. The highest BCUT2D eigenvalue weighted by Crippen LogP contribution is 2.57. The van der Waals surface area contributed by atoms with Crippen LogP contribution in [0.4, 0.5) is 0 Å². The molecular weight excluding hydrogens is 474 g/mol. The van der Waals surface area contributed by atoms with E-state index in [4.69, 9.17) is 11.6 Å². The fourth-order valence-electron chi connectivity index (χ4n) is 5.74. The molecule has 190 valence electrons. The van der Waals surface area contributed by atoms with E-state index in [1.54, 1.807) is 28.6 Å². The molecule has 0 radical (unpaired) electrons. The van der Waals surface area contributed by atoms with Crippen molar-refractivity contribution in [2.24, 2.45) is 5.41 Å². The van der Waals surface area contributed by atoms with Crippen LogP contribution < -0.4 is 0 Å². The number of benzene rings is 1. The Morgan fingerprint density at radius 1 is 1.12 bits per heavy atom. The topological polar surface area (TPSA) is 81.2 Å². The van der Waals surface area contributed by atoms with E-state index < -0.39 is 10.0 Å². The van der Waals surface area contributed by atoms with Gasteiger partial charge in [0.1, 0.15) is 0 Å². The van der Waals surface area contributed by atoms with Crippen LogP contribution in [0.1, 0.15) is 59.3 Å². The second kappa shape index (κ2) is 9.69. The lowest BCUT2D eigenvalue weighted by Gasteiger charge is -2.45. The summed E-state index contributed by atoms with van der Waals surface area (Å²) in [6.07, 6.45) is 4.78. The highest BCUT2D eigenvalue weighted by atomic mass is 35.5. The van der Waals surface area contributed by atoms with Crippen molar-refractivity contribution in [1.29, 1.82) is 0 Å². The molecule has 1 aromatic carbocycles. The van der Waals surface area contributed by atoms with Crippen molar-refractivity contribution in [3.8, 4) is 0 Å². The maximum Gasteiger partial charge on any atom is 0.243 e. The maximum absolute atomic E-state index is 13.7. The Kier molecular flexibility index (Phi) is 7.38. The first kappa shape index (κ1) is 25.9. The Balaban J connectivity index is 1.49. The number of nitrogens with zero attached hydrogens (tertiary/aromatic N) is 3. The van der Waals surface area contributed by atoms with Gasteiger partial charge in [0.2, 0.25) is 15.9 Å². The molecule has 0 bridgehead atoms. The molecular formula is C25H38ClN3O4S. The number of piperidine rings is 1. The lowest BCUT2D eigenvalue weighted by molar-refractivity contribution is -0.136. The molecule has 2 heterocycles. The van der Waals surface area contributed by atoms with E-state index in [1.165, 1.54) is 0 Å². The largest absolute Gasteiger partial charge is 0.394 e. The molecule has 0 spiro atoms. The fourth-order valence-corrected chi connectivity index (χ4v) is 7.83. The van der Waals surface area contributed by atoms with Gasteiger partial charge in [0, 0.05) is 55.2 Å². The molecule has 0 unspecified atom stereocenters. The molecule has 4 rings (SSSR count). The summed E-state index contributed by atoms with van der Waals surface area (Å²) < 4.78 is 29.1. The summed E-state index contributed by atoms with van der Waals surface area (Å²) in [7, 11) is -3.69. The minimum Gasteiger partial charge on any atom is -0.394 e. The standard InChI is InChI=1S/C25H38ClN3O4S/c1-19-5-4-6-22(29(19)34(32,33)21-9-7-20(26)8-10-21)25(11-12-25)17-23(31)27-13-15-28(16-14-27)24(2,3)18-30/h7-10,19,22,30H,4-6,11-18H2,1-3H3/t19-,22-/m1/s1. The van der Waals surface area contributed by atoms with Gasteiger partial charge in [0.25, 0.3) is 0 Å². The second-order valence-electron chi connectivity index (χ2n) is 11.0. The molecule has 7 nitrogen and oxygen atoms in total. The molecule has 0 aromatic heterocycles. The van der Waals surface area contributed by atoms with Gasteiger partial charge in [-0.25, -0.2) is 8.42 Å². The molecule has 9 heteroatoms. The number of rotatable bonds is 7. The van der Waals surface area contributed by atoms with E-state index in [0.29, 0.717) is 24.5 Å². The highest BCUT2D eigenvalue weighted by Gasteiger charge is 2.56. The molecule has 1 N–H and O–H groups in total. The molecule has 3 fully saturated rings. The number of hydrogen-bond acceptors (Lipinski definition) is 5. The predicted molar refractivity (Wildman–Crippen MR) is 133 cm³/mol. The Morgan fingerprint density at radius 2 is 1.74 bits per heavy atom. The van der Waals surface area contributed by atoms with E-state index in [2.05, 4.69) is 4.90 Å². The third-order valence-corrected chi connectivity index (χ3v) is 10.5. The Labute approximate surface area is 209 Å². The molecule has 34 heavy (non-hydrogen) atoms. The van der Waals surface area contributed by atoms with Crippen LogP contribution in [0.3, 0.4) is 0 Å². The van der Waals surface area contributed by atoms with Crippen LogP contribution in [0.5, 0.6) is 0 Å². The van der Waals surface area contributed by atoms with E-state index in [-0.39, 0.29) is 40.4 Å². The number of halogens is 1. The Bertz CT molecular complexity index is 986. The SMILES string of the molecule is C[C@@H]1CCC[C@H](C2(CC(=O)N3CCN(C(C)(C)CO)CC3)CC2)N1S(=O)(=O)c1ccc(Cl)cc1. The first-order valence-electron chi connectivity index (χ1n) is 12.4. The van der Waals surface area contributed by atoms with Gasteiger partial charge in [-0.1, -0.05) is 18.0 Å². The first-order valence-corrected chi connectivity index (χ1v) is 14.2. The number of carbonyl (C=O) groups excluding carboxylic acids is 1. The van der Waals surface area contributed by atoms with Gasteiger partial charge in [0.05, 0.1) is 11.5 Å². The van der Waals surface area contributed by atoms with Crippen molar-refractivity contribution in [3.05, 3.63) is 29.3 Å². The maximum atomic E-state index is 13.7. The molecule has 3 aliphatic rings. The average Bonchev–Trinajstić information content (AvgIpc) is 3.59. The van der Waals surface area contributed by atoms with Crippen LogP contribution >= 0.6 is 11.6 Å². The normalized spacial score (nSPS) is 26.4. The van der Waals surface area contributed by atoms with E-state index in [9.17, 15) is 18.3 Å². The van der Waals surface area contributed by atoms with Gasteiger partial charge in [-0.15, -0.1) is 0 Å². The summed E-state index contributed by atoms with van der Waals surface area (Å²) in [6, 6.07) is 6.13. The lowest BCUT2D eigenvalue weighted by atomic mass is 9.84. The van der Waals surface area contributed by atoms with Crippen LogP contribution in [0, 0.1) is 5.41 Å². The van der Waals surface area contributed by atoms with Gasteiger partial charge >= 0.3 is 0 Å². The number of carbonyl (C=O) groups is 1. The van der Waals surface area contributed by atoms with Crippen LogP contribution in [-0.4, -0.2) is 83.9 Å². The lowest BCUT2D eigenvalue weighted by Crippen LogP contribution is -2.57. The van der Waals surface area contributed by atoms with Crippen LogP contribution in [0.25, 0.3) is 0 Å². The fraction of sp³-hybridized carbons (Fsp3) is 0.720. The number of aliphatic hydroxyl groups is 1. The Hall–Kier alpha value is -1.19. The molecule has 1 amide bonds. The van der Waals surface area contributed by atoms with Crippen LogP contribution in [-0.2, 0) is 14.8 Å². The van der Waals surface area contributed by atoms with Gasteiger partial charge < -0.3 is 10.0 Å². The summed E-state index contributed by atoms with van der Waals surface area (Å²) in [4.78, 5) is 17.8. The average molecular weight is 512 g/mol. The van der Waals surface area contributed by atoms with Crippen molar-refractivity contribution in [2.75, 3.05) is 32.8 Å². The minimum absolute atomic E-state index is 0.0852. The minimum atomic E-state index is -3.69. The molecule has 1 aromatic rings. The monoisotopic (exact) mass is 511 g/mol. The molecule has 1 saturated carbocycles. The van der Waals surface area contributed by atoms with Crippen molar-refractivity contribution >= 4 is 27.5 Å². The van der Waals surface area contributed by atoms with Gasteiger partial charge in [-0.2, -0.15) is 4.31 Å². The number of aliphatic hydroxyl groups excluding tert-OH is 1. The summed E-state index contributed by atoms with van der Waals surface area (Å²) in [6.45, 7) is 8.88. The van der Waals surface area contributed by atoms with Crippen molar-refractivity contribution in [2.45, 2.75) is 81.8 Å². The predicted octanol–water partition coefficient (Wildman–Crippen LogP) is 3.36. The summed E-state index contributed by atoms with van der Waals surface area (Å²) in [5.41, 5.74) is -0.561. The van der Waals surface area contributed by atoms with Crippen LogP contribution in [0.15, 0.2) is 29.2 Å². The van der Waals surface area contributed by atoms with Crippen molar-refractivity contribution in [3.63, 3.8) is 0 Å². The van der Waals surface area contributed by atoms with Gasteiger partial charge in [0.15, 0.2) is 0 Å². The van der Waals surface area contributed by atoms with Gasteiger partial charge in [-0.3, -0.25) is 9.69 Å². The molecule has 2 atom stereocenters. The number of piperazine rings is 1. The zero-order chi connectivity index (χ0) is 24.7. The number of sulfonamides is 1. The summed E-state index contributed by atoms with van der Waals surface area (Å²) in [5.74, 6) is 0.126. The molecule has 2 saturated heterocycles. The summed E-state index contributed by atoms with van der Waals surface area (Å²) in [5, 5.41) is 10.2. The summed E-state index contributed by atoms with van der Waals surface area (Å²) >= 11 is 5.99. The van der Waals surface area contributed by atoms with Crippen molar-refractivity contribution in [1.82, 2.24) is 14.1 Å². The van der Waals surface area contributed by atoms with E-state index in [0.717, 1.165) is 45.2 Å².